The van der Waals surface area contributed by atoms with Gasteiger partial charge in [-0.3, -0.25) is 0 Å². The van der Waals surface area contributed by atoms with Crippen LogP contribution in [0.15, 0.2) is 24.4 Å². The molecule has 1 heterocycles. The summed E-state index contributed by atoms with van der Waals surface area (Å²) < 4.78 is 2.40. The molecule has 2 N–H and O–H groups in total. The van der Waals surface area contributed by atoms with Crippen LogP contribution in [0.4, 0.5) is 0 Å². The Bertz CT molecular complexity index is 585. The van der Waals surface area contributed by atoms with E-state index in [2.05, 4.69) is 63.6 Å². The minimum atomic E-state index is 0.190. The van der Waals surface area contributed by atoms with Crippen molar-refractivity contribution in [3.8, 4) is 0 Å². The van der Waals surface area contributed by atoms with Gasteiger partial charge in [0.15, 0.2) is 0 Å². The first-order chi connectivity index (χ1) is 9.32. The Kier molecular flexibility index (Phi) is 4.24. The van der Waals surface area contributed by atoms with Crippen LogP contribution in [-0.4, -0.2) is 11.1 Å². The highest BCUT2D eigenvalue weighted by Gasteiger charge is 2.16. The van der Waals surface area contributed by atoms with E-state index in [-0.39, 0.29) is 5.41 Å². The molecule has 0 spiro atoms. The maximum absolute atomic E-state index is 5.75. The molecule has 0 fully saturated rings. The van der Waals surface area contributed by atoms with Gasteiger partial charge in [-0.25, -0.2) is 0 Å². The lowest BCUT2D eigenvalue weighted by molar-refractivity contribution is 0.533. The SMILES string of the molecule is CC(C)Cn1cc(CCN)c2ccc(C(C)(C)C)cc21. The quantitative estimate of drug-likeness (QED) is 0.892. The maximum atomic E-state index is 5.75. The van der Waals surface area contributed by atoms with Crippen LogP contribution in [0.1, 0.15) is 45.7 Å². The molecular formula is C18H28N2. The number of nitrogens with zero attached hydrogens (tertiary/aromatic N) is 1. The Labute approximate surface area is 123 Å². The fraction of sp³-hybridized carbons (Fsp3) is 0.556. The monoisotopic (exact) mass is 272 g/mol. The van der Waals surface area contributed by atoms with Crippen molar-refractivity contribution in [1.82, 2.24) is 4.57 Å². The minimum absolute atomic E-state index is 0.190. The Hall–Kier alpha value is -1.28. The van der Waals surface area contributed by atoms with E-state index < -0.39 is 0 Å². The molecule has 0 bridgehead atoms. The molecule has 2 nitrogen and oxygen atoms in total. The number of hydrogen-bond acceptors (Lipinski definition) is 1. The molecular weight excluding hydrogens is 244 g/mol. The highest BCUT2D eigenvalue weighted by atomic mass is 15.0. The number of aromatic nitrogens is 1. The highest BCUT2D eigenvalue weighted by Crippen LogP contribution is 2.29. The molecule has 1 aromatic carbocycles. The van der Waals surface area contributed by atoms with E-state index in [1.165, 1.54) is 22.0 Å². The number of rotatable bonds is 4. The van der Waals surface area contributed by atoms with Gasteiger partial charge in [-0.2, -0.15) is 0 Å². The number of benzene rings is 1. The zero-order chi connectivity index (χ0) is 14.9. The molecule has 0 unspecified atom stereocenters. The van der Waals surface area contributed by atoms with E-state index in [9.17, 15) is 0 Å². The van der Waals surface area contributed by atoms with E-state index in [1.807, 2.05) is 0 Å². The highest BCUT2D eigenvalue weighted by molar-refractivity contribution is 5.85. The van der Waals surface area contributed by atoms with Crippen molar-refractivity contribution < 1.29 is 0 Å². The van der Waals surface area contributed by atoms with Crippen LogP contribution in [0.25, 0.3) is 10.9 Å². The van der Waals surface area contributed by atoms with Crippen LogP contribution in [0.5, 0.6) is 0 Å². The number of hydrogen-bond donors (Lipinski definition) is 1. The second kappa shape index (κ2) is 5.61. The van der Waals surface area contributed by atoms with Gasteiger partial charge >= 0.3 is 0 Å². The van der Waals surface area contributed by atoms with Gasteiger partial charge in [0.2, 0.25) is 0 Å². The summed E-state index contributed by atoms with van der Waals surface area (Å²) in [4.78, 5) is 0. The first kappa shape index (κ1) is 15.1. The molecule has 0 saturated heterocycles. The Balaban J connectivity index is 2.58. The van der Waals surface area contributed by atoms with Gasteiger partial charge in [-0.1, -0.05) is 46.8 Å². The van der Waals surface area contributed by atoms with E-state index in [4.69, 9.17) is 5.73 Å². The van der Waals surface area contributed by atoms with E-state index in [0.717, 1.165) is 13.0 Å². The van der Waals surface area contributed by atoms with Gasteiger partial charge in [0.05, 0.1) is 0 Å². The summed E-state index contributed by atoms with van der Waals surface area (Å²) in [5.74, 6) is 0.648. The lowest BCUT2D eigenvalue weighted by Gasteiger charge is -2.19. The third kappa shape index (κ3) is 3.06. The maximum Gasteiger partial charge on any atom is 0.0486 e. The second-order valence-electron chi connectivity index (χ2n) is 7.22. The molecule has 2 aromatic rings. The molecule has 1 aromatic heterocycles. The summed E-state index contributed by atoms with van der Waals surface area (Å²) in [6.07, 6.45) is 3.25. The summed E-state index contributed by atoms with van der Waals surface area (Å²) in [5, 5.41) is 1.36. The van der Waals surface area contributed by atoms with Crippen molar-refractivity contribution in [3.63, 3.8) is 0 Å². The summed E-state index contributed by atoms with van der Waals surface area (Å²) in [6.45, 7) is 13.1. The first-order valence-electron chi connectivity index (χ1n) is 7.65. The first-order valence-corrected chi connectivity index (χ1v) is 7.65. The molecule has 2 rings (SSSR count). The lowest BCUT2D eigenvalue weighted by atomic mass is 9.86. The Morgan fingerprint density at radius 3 is 2.45 bits per heavy atom. The van der Waals surface area contributed by atoms with Crippen LogP contribution >= 0.6 is 0 Å². The van der Waals surface area contributed by atoms with Gasteiger partial charge in [0, 0.05) is 23.6 Å². The zero-order valence-corrected chi connectivity index (χ0v) is 13.5. The molecule has 0 amide bonds. The van der Waals surface area contributed by atoms with Crippen LogP contribution in [0, 0.1) is 5.92 Å². The number of fused-ring (bicyclic) bond motifs is 1. The molecule has 0 aliphatic rings. The van der Waals surface area contributed by atoms with Crippen molar-refractivity contribution in [2.45, 2.75) is 53.0 Å². The van der Waals surface area contributed by atoms with Crippen LogP contribution in [0.2, 0.25) is 0 Å². The standard InChI is InChI=1S/C18H28N2/c1-13(2)11-20-12-14(8-9-19)16-7-6-15(10-17(16)20)18(3,4)5/h6-7,10,12-13H,8-9,11,19H2,1-5H3. The lowest BCUT2D eigenvalue weighted by Crippen LogP contribution is -2.11. The third-order valence-electron chi connectivity index (χ3n) is 3.81. The van der Waals surface area contributed by atoms with Gasteiger partial charge < -0.3 is 10.3 Å². The van der Waals surface area contributed by atoms with Gasteiger partial charge in [0.25, 0.3) is 0 Å². The Morgan fingerprint density at radius 1 is 1.20 bits per heavy atom. The molecule has 0 aliphatic heterocycles. The fourth-order valence-corrected chi connectivity index (χ4v) is 2.73. The van der Waals surface area contributed by atoms with Crippen molar-refractivity contribution in [3.05, 3.63) is 35.5 Å². The van der Waals surface area contributed by atoms with Crippen molar-refractivity contribution in [2.24, 2.45) is 11.7 Å². The molecule has 2 heteroatoms. The van der Waals surface area contributed by atoms with Crippen molar-refractivity contribution in [1.29, 1.82) is 0 Å². The average Bonchev–Trinajstić information content (AvgIpc) is 2.66. The number of nitrogens with two attached hydrogens (primary N) is 1. The van der Waals surface area contributed by atoms with Crippen LogP contribution < -0.4 is 5.73 Å². The predicted octanol–water partition coefficient (Wildman–Crippen LogP) is 4.10. The molecule has 0 atom stereocenters. The van der Waals surface area contributed by atoms with Crippen LogP contribution in [0.3, 0.4) is 0 Å². The smallest absolute Gasteiger partial charge is 0.0486 e. The molecule has 0 aliphatic carbocycles. The third-order valence-corrected chi connectivity index (χ3v) is 3.81. The van der Waals surface area contributed by atoms with Crippen molar-refractivity contribution >= 4 is 10.9 Å². The minimum Gasteiger partial charge on any atom is -0.347 e. The van der Waals surface area contributed by atoms with Crippen molar-refractivity contribution in [2.75, 3.05) is 6.54 Å². The predicted molar refractivity (Wildman–Crippen MR) is 88.2 cm³/mol. The van der Waals surface area contributed by atoms with E-state index in [1.54, 1.807) is 0 Å². The largest absolute Gasteiger partial charge is 0.347 e. The molecule has 110 valence electrons. The summed E-state index contributed by atoms with van der Waals surface area (Å²) in [6, 6.07) is 6.90. The zero-order valence-electron chi connectivity index (χ0n) is 13.5. The van der Waals surface area contributed by atoms with E-state index >= 15 is 0 Å². The van der Waals surface area contributed by atoms with E-state index in [0.29, 0.717) is 12.5 Å². The molecule has 0 radical (unpaired) electrons. The average molecular weight is 272 g/mol. The summed E-state index contributed by atoms with van der Waals surface area (Å²) >= 11 is 0. The summed E-state index contributed by atoms with van der Waals surface area (Å²) in [5.41, 5.74) is 10.1. The van der Waals surface area contributed by atoms with Crippen LogP contribution in [-0.2, 0) is 18.4 Å². The van der Waals surface area contributed by atoms with Gasteiger partial charge in [-0.15, -0.1) is 0 Å². The topological polar surface area (TPSA) is 30.9 Å². The van der Waals surface area contributed by atoms with Gasteiger partial charge in [0.1, 0.15) is 0 Å². The normalized spacial score (nSPS) is 12.6. The molecule has 20 heavy (non-hydrogen) atoms. The Morgan fingerprint density at radius 2 is 1.90 bits per heavy atom. The second-order valence-corrected chi connectivity index (χ2v) is 7.22. The fourth-order valence-electron chi connectivity index (χ4n) is 2.73. The summed E-state index contributed by atoms with van der Waals surface area (Å²) in [7, 11) is 0. The van der Waals surface area contributed by atoms with Gasteiger partial charge in [-0.05, 0) is 41.5 Å². The molecule has 0 saturated carbocycles.